The molecule has 1 aromatic rings. The zero-order chi connectivity index (χ0) is 14.5. The first kappa shape index (κ1) is 15.8. The summed E-state index contributed by atoms with van der Waals surface area (Å²) in [7, 11) is 0. The predicted octanol–water partition coefficient (Wildman–Crippen LogP) is 3.54. The molecule has 114 valence electrons. The van der Waals surface area contributed by atoms with Crippen molar-refractivity contribution in [1.82, 2.24) is 9.78 Å². The van der Waals surface area contributed by atoms with Gasteiger partial charge in [0.15, 0.2) is 0 Å². The summed E-state index contributed by atoms with van der Waals surface area (Å²) < 4.78 is 7.89. The van der Waals surface area contributed by atoms with Crippen LogP contribution in [0, 0.1) is 5.92 Å². The van der Waals surface area contributed by atoms with E-state index in [-0.39, 0.29) is 12.1 Å². The van der Waals surface area contributed by atoms with Gasteiger partial charge in [-0.3, -0.25) is 4.68 Å². The number of nitrogens with two attached hydrogens (primary N) is 1. The van der Waals surface area contributed by atoms with E-state index in [9.17, 15) is 0 Å². The van der Waals surface area contributed by atoms with Crippen LogP contribution >= 0.6 is 11.6 Å². The minimum atomic E-state index is -0.201. The Morgan fingerprint density at radius 2 is 2.10 bits per heavy atom. The smallest absolute Gasteiger partial charge is 0.0835 e. The van der Waals surface area contributed by atoms with Gasteiger partial charge in [-0.2, -0.15) is 5.10 Å². The van der Waals surface area contributed by atoms with Gasteiger partial charge in [0, 0.05) is 13.2 Å². The van der Waals surface area contributed by atoms with Crippen molar-refractivity contribution in [3.63, 3.8) is 0 Å². The number of hydrogen-bond donors (Lipinski definition) is 1. The van der Waals surface area contributed by atoms with Crippen LogP contribution in [0.4, 0.5) is 0 Å². The van der Waals surface area contributed by atoms with Crippen LogP contribution in [0.5, 0.6) is 0 Å². The highest BCUT2D eigenvalue weighted by molar-refractivity contribution is 6.31. The van der Waals surface area contributed by atoms with E-state index in [2.05, 4.69) is 12.0 Å². The zero-order valence-electron chi connectivity index (χ0n) is 12.5. The van der Waals surface area contributed by atoms with Crippen LogP contribution in [0.25, 0.3) is 0 Å². The average molecular weight is 300 g/mol. The minimum Gasteiger partial charge on any atom is -0.376 e. The normalized spacial score (nSPS) is 20.0. The second-order valence-corrected chi connectivity index (χ2v) is 5.94. The summed E-state index contributed by atoms with van der Waals surface area (Å²) in [5.41, 5.74) is 7.42. The average Bonchev–Trinajstić information content (AvgIpc) is 2.86. The van der Waals surface area contributed by atoms with Crippen molar-refractivity contribution in [2.24, 2.45) is 11.7 Å². The Labute approximate surface area is 126 Å². The molecule has 1 aliphatic rings. The van der Waals surface area contributed by atoms with Crippen molar-refractivity contribution in [2.45, 2.75) is 64.6 Å². The van der Waals surface area contributed by atoms with Gasteiger partial charge in [-0.05, 0) is 32.6 Å². The van der Waals surface area contributed by atoms with Crippen molar-refractivity contribution < 1.29 is 4.74 Å². The fraction of sp³-hybridized carbons (Fsp3) is 0.800. The third kappa shape index (κ3) is 3.35. The quantitative estimate of drug-likeness (QED) is 0.874. The van der Waals surface area contributed by atoms with Crippen LogP contribution < -0.4 is 5.73 Å². The Morgan fingerprint density at radius 3 is 2.70 bits per heavy atom. The fourth-order valence-corrected chi connectivity index (χ4v) is 3.57. The van der Waals surface area contributed by atoms with E-state index in [1.54, 1.807) is 6.20 Å². The molecule has 4 nitrogen and oxygen atoms in total. The van der Waals surface area contributed by atoms with E-state index in [1.807, 2.05) is 11.6 Å². The van der Waals surface area contributed by atoms with E-state index in [1.165, 1.54) is 32.1 Å². The van der Waals surface area contributed by atoms with Gasteiger partial charge in [0.2, 0.25) is 0 Å². The molecule has 0 saturated heterocycles. The second kappa shape index (κ2) is 7.43. The lowest BCUT2D eigenvalue weighted by atomic mass is 9.82. The standard InChI is InChI=1S/C15H26ClN3O/c1-3-19-14(12(16)10-18-19)13(17)15(20-4-2)11-8-6-5-7-9-11/h10-11,13,15H,3-9,17H2,1-2H3. The lowest BCUT2D eigenvalue weighted by Gasteiger charge is -2.34. The lowest BCUT2D eigenvalue weighted by molar-refractivity contribution is -0.0115. The van der Waals surface area contributed by atoms with Crippen LogP contribution in [-0.2, 0) is 11.3 Å². The summed E-state index contributed by atoms with van der Waals surface area (Å²) >= 11 is 6.28. The van der Waals surface area contributed by atoms with E-state index < -0.39 is 0 Å². The molecular formula is C15H26ClN3O. The highest BCUT2D eigenvalue weighted by atomic mass is 35.5. The molecule has 5 heteroatoms. The van der Waals surface area contributed by atoms with Crippen molar-refractivity contribution in [3.05, 3.63) is 16.9 Å². The Bertz CT molecular complexity index is 415. The summed E-state index contributed by atoms with van der Waals surface area (Å²) in [6.45, 7) is 5.54. The highest BCUT2D eigenvalue weighted by Crippen LogP contribution is 2.35. The maximum absolute atomic E-state index is 6.51. The Kier molecular flexibility index (Phi) is 5.87. The number of aryl methyl sites for hydroxylation is 1. The Morgan fingerprint density at radius 1 is 1.40 bits per heavy atom. The van der Waals surface area contributed by atoms with Crippen molar-refractivity contribution in [1.29, 1.82) is 0 Å². The molecule has 0 aromatic carbocycles. The van der Waals surface area contributed by atoms with Crippen LogP contribution in [0.3, 0.4) is 0 Å². The molecule has 2 unspecified atom stereocenters. The number of aromatic nitrogens is 2. The Balaban J connectivity index is 2.20. The molecule has 1 aliphatic carbocycles. The van der Waals surface area contributed by atoms with Gasteiger partial charge in [0.1, 0.15) is 0 Å². The third-order valence-electron chi connectivity index (χ3n) is 4.28. The summed E-state index contributed by atoms with van der Waals surface area (Å²) in [6, 6.07) is -0.201. The van der Waals surface area contributed by atoms with Gasteiger partial charge in [0.25, 0.3) is 0 Å². The summed E-state index contributed by atoms with van der Waals surface area (Å²) in [6.07, 6.45) is 8.03. The molecule has 1 saturated carbocycles. The van der Waals surface area contributed by atoms with Gasteiger partial charge >= 0.3 is 0 Å². The van der Waals surface area contributed by atoms with Gasteiger partial charge in [-0.25, -0.2) is 0 Å². The summed E-state index contributed by atoms with van der Waals surface area (Å²) in [4.78, 5) is 0. The fourth-order valence-electron chi connectivity index (χ4n) is 3.30. The molecular weight excluding hydrogens is 274 g/mol. The van der Waals surface area contributed by atoms with Crippen molar-refractivity contribution in [2.75, 3.05) is 6.61 Å². The molecule has 2 atom stereocenters. The molecule has 0 spiro atoms. The SMILES string of the molecule is CCOC(C1CCCCC1)C(N)c1c(Cl)cnn1CC. The topological polar surface area (TPSA) is 53.1 Å². The highest BCUT2D eigenvalue weighted by Gasteiger charge is 2.32. The largest absolute Gasteiger partial charge is 0.376 e. The minimum absolute atomic E-state index is 0.0415. The monoisotopic (exact) mass is 299 g/mol. The number of rotatable bonds is 6. The third-order valence-corrected chi connectivity index (χ3v) is 4.57. The second-order valence-electron chi connectivity index (χ2n) is 5.54. The van der Waals surface area contributed by atoms with Gasteiger partial charge in [-0.1, -0.05) is 30.9 Å². The predicted molar refractivity (Wildman–Crippen MR) is 81.8 cm³/mol. The van der Waals surface area contributed by atoms with Gasteiger partial charge in [0.05, 0.1) is 29.1 Å². The molecule has 2 N–H and O–H groups in total. The first-order valence-corrected chi connectivity index (χ1v) is 8.15. The van der Waals surface area contributed by atoms with Crippen molar-refractivity contribution >= 4 is 11.6 Å². The van der Waals surface area contributed by atoms with E-state index >= 15 is 0 Å². The molecule has 0 aliphatic heterocycles. The van der Waals surface area contributed by atoms with Crippen LogP contribution in [-0.4, -0.2) is 22.5 Å². The number of hydrogen-bond acceptors (Lipinski definition) is 3. The van der Waals surface area contributed by atoms with Crippen LogP contribution in [0.2, 0.25) is 5.02 Å². The molecule has 1 fully saturated rings. The number of halogens is 1. The number of ether oxygens (including phenoxy) is 1. The van der Waals surface area contributed by atoms with E-state index in [0.717, 1.165) is 12.2 Å². The number of nitrogens with zero attached hydrogens (tertiary/aromatic N) is 2. The molecule has 0 bridgehead atoms. The maximum Gasteiger partial charge on any atom is 0.0835 e. The van der Waals surface area contributed by atoms with Crippen molar-refractivity contribution in [3.8, 4) is 0 Å². The maximum atomic E-state index is 6.51. The molecule has 0 amide bonds. The first-order valence-electron chi connectivity index (χ1n) is 7.77. The van der Waals surface area contributed by atoms with Crippen LogP contribution in [0.15, 0.2) is 6.20 Å². The summed E-state index contributed by atoms with van der Waals surface area (Å²) in [5.74, 6) is 0.537. The molecule has 1 aromatic heterocycles. The van der Waals surface area contributed by atoms with Crippen LogP contribution in [0.1, 0.15) is 57.7 Å². The molecule has 0 radical (unpaired) electrons. The molecule has 1 heterocycles. The Hall–Kier alpha value is -0.580. The lowest BCUT2D eigenvalue weighted by Crippen LogP contribution is -2.38. The van der Waals surface area contributed by atoms with Gasteiger partial charge in [-0.15, -0.1) is 0 Å². The van der Waals surface area contributed by atoms with E-state index in [0.29, 0.717) is 17.5 Å². The summed E-state index contributed by atoms with van der Waals surface area (Å²) in [5, 5.41) is 4.94. The van der Waals surface area contributed by atoms with Gasteiger partial charge < -0.3 is 10.5 Å². The molecule has 20 heavy (non-hydrogen) atoms. The molecule has 2 rings (SSSR count). The van der Waals surface area contributed by atoms with E-state index in [4.69, 9.17) is 22.1 Å². The first-order chi connectivity index (χ1) is 9.69. The zero-order valence-corrected chi connectivity index (χ0v) is 13.3.